The Morgan fingerprint density at radius 2 is 1.53 bits per heavy atom. The van der Waals surface area contributed by atoms with E-state index in [1.54, 1.807) is 0 Å². The van der Waals surface area contributed by atoms with Crippen molar-refractivity contribution in [3.63, 3.8) is 0 Å². The minimum Gasteiger partial charge on any atom is -0.508 e. The number of nitrogens with one attached hydrogen (secondary N) is 1. The van der Waals surface area contributed by atoms with Gasteiger partial charge in [0, 0.05) is 38.0 Å². The molecular formula is C44H67NO25. The molecule has 0 saturated carbocycles. The van der Waals surface area contributed by atoms with Crippen molar-refractivity contribution in [2.45, 2.75) is 175 Å². The van der Waals surface area contributed by atoms with E-state index in [-0.39, 0.29) is 30.3 Å². The van der Waals surface area contributed by atoms with Gasteiger partial charge in [0.05, 0.1) is 44.7 Å². The van der Waals surface area contributed by atoms with Gasteiger partial charge in [0.15, 0.2) is 18.7 Å². The van der Waals surface area contributed by atoms with Crippen molar-refractivity contribution in [2.75, 3.05) is 33.5 Å². The molecule has 0 radical (unpaired) electrons. The van der Waals surface area contributed by atoms with E-state index in [4.69, 9.17) is 37.9 Å². The fraction of sp³-hybridized carbons (Fsp3) is 0.750. The van der Waals surface area contributed by atoms with Crippen molar-refractivity contribution >= 4 is 17.8 Å². The van der Waals surface area contributed by atoms with Crippen LogP contribution in [0.15, 0.2) is 30.2 Å². The molecule has 5 rings (SSSR count). The number of hydrogen-bond donors (Lipinski definition) is 14. The van der Waals surface area contributed by atoms with Gasteiger partial charge in [-0.3, -0.25) is 9.59 Å². The average Bonchev–Trinajstić information content (AvgIpc) is 3.32. The van der Waals surface area contributed by atoms with E-state index in [0.29, 0.717) is 19.3 Å². The second kappa shape index (κ2) is 26.1. The largest absolute Gasteiger partial charge is 0.508 e. The molecule has 16 unspecified atom stereocenters. The highest BCUT2D eigenvalue weighted by atomic mass is 16.8. The van der Waals surface area contributed by atoms with E-state index in [1.807, 2.05) is 0 Å². The number of carboxylic acid groups (broad SMARTS) is 1. The lowest BCUT2D eigenvalue weighted by Crippen LogP contribution is -2.69. The molecule has 26 nitrogen and oxygen atoms in total. The van der Waals surface area contributed by atoms with Crippen LogP contribution in [-0.4, -0.2) is 228 Å². The monoisotopic (exact) mass is 1010 g/mol. The lowest BCUT2D eigenvalue weighted by Gasteiger charge is -2.50. The number of carbonyl (C=O) groups is 3. The molecule has 1 amide bonds. The number of rotatable bonds is 24. The zero-order valence-corrected chi connectivity index (χ0v) is 38.5. The average molecular weight is 1010 g/mol. The van der Waals surface area contributed by atoms with Crippen LogP contribution in [0.4, 0.5) is 0 Å². The van der Waals surface area contributed by atoms with Crippen molar-refractivity contribution in [2.24, 2.45) is 0 Å². The predicted molar refractivity (Wildman–Crippen MR) is 230 cm³/mol. The topological polar surface area (TPSA) is 409 Å². The van der Waals surface area contributed by atoms with E-state index in [2.05, 4.69) is 10.1 Å². The Balaban J connectivity index is 1.49. The van der Waals surface area contributed by atoms with Gasteiger partial charge in [0.25, 0.3) is 17.6 Å². The molecule has 3 fully saturated rings. The second-order valence-corrected chi connectivity index (χ2v) is 17.6. The number of amides is 1. The summed E-state index contributed by atoms with van der Waals surface area (Å²) in [7, 11) is 1.31. The number of aromatic hydroxyl groups is 2. The molecule has 0 aliphatic carbocycles. The number of aliphatic hydroxyl groups is 10. The molecule has 4 aliphatic rings. The van der Waals surface area contributed by atoms with Crippen LogP contribution in [0, 0.1) is 0 Å². The van der Waals surface area contributed by atoms with Crippen LogP contribution in [0.1, 0.15) is 75.1 Å². The normalized spacial score (nSPS) is 35.4. The number of unbranched alkanes of at least 4 members (excludes halogenated alkanes) is 5. The Morgan fingerprint density at radius 1 is 0.857 bits per heavy atom. The summed E-state index contributed by atoms with van der Waals surface area (Å²) in [5.74, 6) is -7.70. The molecule has 3 saturated heterocycles. The molecule has 1 aromatic rings. The quantitative estimate of drug-likeness (QED) is 0.0352. The van der Waals surface area contributed by atoms with Gasteiger partial charge in [-0.15, -0.1) is 0 Å². The van der Waals surface area contributed by atoms with Gasteiger partial charge >= 0.3 is 11.9 Å². The summed E-state index contributed by atoms with van der Waals surface area (Å²) in [6.45, 7) is -1.54. The van der Waals surface area contributed by atoms with Gasteiger partial charge in [0.2, 0.25) is 0 Å². The Bertz CT molecular complexity index is 1880. The van der Waals surface area contributed by atoms with E-state index in [1.165, 1.54) is 14.0 Å². The van der Waals surface area contributed by atoms with Crippen molar-refractivity contribution < 1.29 is 123 Å². The van der Waals surface area contributed by atoms with Crippen molar-refractivity contribution in [1.29, 1.82) is 0 Å². The predicted octanol–water partition coefficient (Wildman–Crippen LogP) is -3.55. The molecule has 4 heterocycles. The number of phenolic OH excluding ortho intramolecular Hbond substituents is 2. The van der Waals surface area contributed by atoms with Gasteiger partial charge in [-0.2, -0.15) is 0 Å². The maximum absolute atomic E-state index is 14.0. The first-order chi connectivity index (χ1) is 33.3. The number of esters is 1. The van der Waals surface area contributed by atoms with Gasteiger partial charge < -0.3 is 114 Å². The lowest BCUT2D eigenvalue weighted by atomic mass is 9.92. The first-order valence-corrected chi connectivity index (χ1v) is 23.0. The molecule has 70 heavy (non-hydrogen) atoms. The van der Waals surface area contributed by atoms with Crippen LogP contribution in [0.25, 0.3) is 0 Å². The molecule has 18 atom stereocenters. The minimum absolute atomic E-state index is 0.0142. The highest BCUT2D eigenvalue weighted by molar-refractivity contribution is 5.97. The van der Waals surface area contributed by atoms with Crippen molar-refractivity contribution in [3.8, 4) is 11.5 Å². The Labute approximate surface area is 401 Å². The number of aliphatic hydroxyl groups excluding tert-OH is 10. The molecule has 26 heteroatoms. The molecule has 398 valence electrons. The summed E-state index contributed by atoms with van der Waals surface area (Å²) < 4.78 is 52.5. The SMILES string of the molecule is COC(=O)CCCCCCCCOC1OC(CO)C(OC2OC(CO)C(O)C(OC3(C(=O)O)CC(O)CC([C@H](O)[C@H](O)CO)O3)C2O)C(OC2=CC(O)C(O)C(C)O2)C1NC(=O)c1ccc(O)cc1O. The van der Waals surface area contributed by atoms with Gasteiger partial charge in [-0.05, 0) is 31.9 Å². The zero-order chi connectivity index (χ0) is 51.4. The lowest BCUT2D eigenvalue weighted by molar-refractivity contribution is -0.382. The van der Waals surface area contributed by atoms with E-state index in [9.17, 15) is 80.8 Å². The van der Waals surface area contributed by atoms with E-state index < -0.39 is 166 Å². The maximum atomic E-state index is 14.0. The third kappa shape index (κ3) is 14.1. The summed E-state index contributed by atoms with van der Waals surface area (Å²) >= 11 is 0. The Kier molecular flexibility index (Phi) is 21.2. The number of carbonyl (C=O) groups excluding carboxylic acids is 2. The summed E-state index contributed by atoms with van der Waals surface area (Å²) in [4.78, 5) is 38.4. The van der Waals surface area contributed by atoms with Gasteiger partial charge in [0.1, 0.15) is 84.7 Å². The summed E-state index contributed by atoms with van der Waals surface area (Å²) in [6.07, 6.45) is -24.1. The van der Waals surface area contributed by atoms with Crippen LogP contribution in [0.2, 0.25) is 0 Å². The number of methoxy groups -OCH3 is 1. The molecule has 0 aromatic heterocycles. The summed E-state index contributed by atoms with van der Waals surface area (Å²) in [6, 6.07) is 1.53. The fourth-order valence-electron chi connectivity index (χ4n) is 8.49. The molecule has 0 bridgehead atoms. The number of benzene rings is 1. The van der Waals surface area contributed by atoms with Gasteiger partial charge in [-0.1, -0.05) is 25.7 Å². The van der Waals surface area contributed by atoms with Crippen LogP contribution in [-0.2, 0) is 52.2 Å². The third-order valence-electron chi connectivity index (χ3n) is 12.4. The highest BCUT2D eigenvalue weighted by Crippen LogP contribution is 2.39. The fourth-order valence-corrected chi connectivity index (χ4v) is 8.49. The van der Waals surface area contributed by atoms with Gasteiger partial charge in [-0.25, -0.2) is 4.79 Å². The number of ether oxygens (including phenoxy) is 9. The highest BCUT2D eigenvalue weighted by Gasteiger charge is 2.59. The zero-order valence-electron chi connectivity index (χ0n) is 38.5. The standard InChI is InChI=1S/C44H67NO25/c1-20-33(55)25(52)15-31(64-20)67-38-32(45-40(59)23-11-10-21(49)13-24(23)51)41(63-12-8-6-4-3-5-7-9-30(54)62-2)66-29(19-48)37(38)68-42-36(58)39(35(57)28(18-47)65-42)70-44(43(60)61)16-22(50)14-27(69-44)34(56)26(53)17-46/h10-11,13,15,20,22,25-29,32-39,41-42,46-53,55-58H,3-9,12,14,16-19H2,1-2H3,(H,45,59)(H,60,61)/t20?,22?,25?,26-,27?,28?,29?,32?,33?,34-,35?,36?,37?,38?,39?,41?,42?,44?/m1/s1. The molecule has 4 aliphatic heterocycles. The van der Waals surface area contributed by atoms with E-state index >= 15 is 0 Å². The summed E-state index contributed by atoms with van der Waals surface area (Å²) in [5, 5.41) is 140. The number of carboxylic acids is 1. The molecule has 0 spiro atoms. The molecular weight excluding hydrogens is 942 g/mol. The second-order valence-electron chi connectivity index (χ2n) is 17.6. The van der Waals surface area contributed by atoms with Crippen LogP contribution in [0.3, 0.4) is 0 Å². The number of hydrogen-bond acceptors (Lipinski definition) is 24. The van der Waals surface area contributed by atoms with E-state index in [0.717, 1.165) is 43.5 Å². The van der Waals surface area contributed by atoms with Crippen LogP contribution < -0.4 is 5.32 Å². The summed E-state index contributed by atoms with van der Waals surface area (Å²) in [5.41, 5.74) is -0.363. The maximum Gasteiger partial charge on any atom is 0.364 e. The van der Waals surface area contributed by atoms with Crippen LogP contribution >= 0.6 is 0 Å². The van der Waals surface area contributed by atoms with Crippen LogP contribution in [0.5, 0.6) is 11.5 Å². The smallest absolute Gasteiger partial charge is 0.364 e. The van der Waals surface area contributed by atoms with Crippen molar-refractivity contribution in [1.82, 2.24) is 5.32 Å². The molecule has 14 N–H and O–H groups in total. The first-order valence-electron chi connectivity index (χ1n) is 23.0. The minimum atomic E-state index is -2.97. The number of phenols is 2. The molecule has 1 aromatic carbocycles. The van der Waals surface area contributed by atoms with Crippen molar-refractivity contribution in [3.05, 3.63) is 35.8 Å². The number of aliphatic carboxylic acids is 1. The third-order valence-corrected chi connectivity index (χ3v) is 12.4. The first kappa shape index (κ1) is 56.8. The Hall–Kier alpha value is -4.07. The Morgan fingerprint density at radius 3 is 2.16 bits per heavy atom.